The molecule has 12 nitrogen and oxygen atoms in total. The maximum absolute atomic E-state index is 14.4. The highest BCUT2D eigenvalue weighted by Gasteiger charge is 2.57. The summed E-state index contributed by atoms with van der Waals surface area (Å²) in [4.78, 5) is 56.9. The minimum Gasteiger partial charge on any atom is -0.343 e. The van der Waals surface area contributed by atoms with Crippen LogP contribution in [-0.2, 0) is 42.3 Å². The van der Waals surface area contributed by atoms with E-state index in [-0.39, 0.29) is 29.9 Å². The number of carbonyl (C=O) groups is 3. The molecule has 50 heavy (non-hydrogen) atoms. The molecule has 1 unspecified atom stereocenters. The van der Waals surface area contributed by atoms with E-state index in [1.807, 2.05) is 24.3 Å². The Bertz CT molecular complexity index is 2070. The average molecular weight is 735 g/mol. The number of amides is 3. The first-order valence-corrected chi connectivity index (χ1v) is 18.5. The van der Waals surface area contributed by atoms with Gasteiger partial charge in [-0.25, -0.2) is 14.6 Å². The van der Waals surface area contributed by atoms with Crippen LogP contribution in [0.1, 0.15) is 59.9 Å². The molecule has 1 aliphatic heterocycles. The van der Waals surface area contributed by atoms with Crippen molar-refractivity contribution in [2.75, 3.05) is 22.9 Å². The first-order valence-electron chi connectivity index (χ1n) is 16.1. The van der Waals surface area contributed by atoms with Crippen molar-refractivity contribution in [3.63, 3.8) is 0 Å². The number of rotatable bonds is 11. The molecule has 3 amide bonds. The molecule has 3 aliphatic rings. The standard InChI is InChI=1S/C35H34Cl2N8O4S/c1-33(18-21-4-6-22(7-5-21)19-38-2)31(48)44(26-15-23(36)14-24(37)16-26)32-40-20-27(45(32)33)29(46)41-35(11-12-35)30(47)42-34(9-10-34)28-17-25(8-13-39-28)43-50(3)49/h4-8,13-17,19-20H,9-12,18H2,1-3H3,(H,41,46)(H,42,47)(H,39,43,49)/p+1/t33-,50?/m1/s1. The van der Waals surface area contributed by atoms with Gasteiger partial charge in [0.05, 0.1) is 28.8 Å². The number of imidazole rings is 1. The zero-order chi connectivity index (χ0) is 35.4. The summed E-state index contributed by atoms with van der Waals surface area (Å²) in [6, 6.07) is 16.0. The molecule has 2 aromatic carbocycles. The zero-order valence-electron chi connectivity index (χ0n) is 27.5. The van der Waals surface area contributed by atoms with Crippen LogP contribution in [0, 0.1) is 0 Å². The smallest absolute Gasteiger partial charge is 0.270 e. The summed E-state index contributed by atoms with van der Waals surface area (Å²) in [6.07, 6.45) is 8.86. The molecule has 0 saturated heterocycles. The Morgan fingerprint density at radius 3 is 2.32 bits per heavy atom. The minimum absolute atomic E-state index is 0.135. The molecule has 15 heteroatoms. The zero-order valence-corrected chi connectivity index (χ0v) is 29.9. The Morgan fingerprint density at radius 1 is 1.00 bits per heavy atom. The number of anilines is 3. The minimum atomic E-state index is -1.62. The van der Waals surface area contributed by atoms with E-state index in [0.717, 1.165) is 11.1 Å². The highest BCUT2D eigenvalue weighted by Crippen LogP contribution is 2.48. The van der Waals surface area contributed by atoms with Gasteiger partial charge in [0.15, 0.2) is 11.0 Å². The maximum atomic E-state index is 14.4. The number of nitrogens with one attached hydrogen (secondary N) is 3. The van der Waals surface area contributed by atoms with Crippen LogP contribution in [-0.4, -0.2) is 57.3 Å². The highest BCUT2D eigenvalue weighted by atomic mass is 35.5. The van der Waals surface area contributed by atoms with Crippen LogP contribution in [0.4, 0.5) is 17.3 Å². The van der Waals surface area contributed by atoms with Gasteiger partial charge in [0, 0.05) is 35.9 Å². The fraction of sp³-hybridized carbons (Fsp3) is 0.314. The molecular weight excluding hydrogens is 699 g/mol. The fourth-order valence-electron chi connectivity index (χ4n) is 6.56. The summed E-state index contributed by atoms with van der Waals surface area (Å²) < 4.78 is 16.3. The predicted octanol–water partition coefficient (Wildman–Crippen LogP) is 4.99. The number of aromatic nitrogens is 3. The molecule has 2 atom stereocenters. The Labute approximate surface area is 301 Å². The van der Waals surface area contributed by atoms with Gasteiger partial charge in [0.1, 0.15) is 23.0 Å². The van der Waals surface area contributed by atoms with Crippen molar-refractivity contribution < 1.29 is 18.6 Å². The van der Waals surface area contributed by atoms with Crippen molar-refractivity contribution in [1.29, 1.82) is 0 Å². The van der Waals surface area contributed by atoms with E-state index >= 15 is 0 Å². The van der Waals surface area contributed by atoms with Crippen molar-refractivity contribution in [1.82, 2.24) is 25.2 Å². The maximum Gasteiger partial charge on any atom is 0.270 e. The van der Waals surface area contributed by atoms with Gasteiger partial charge < -0.3 is 10.6 Å². The normalized spacial score (nSPS) is 20.3. The van der Waals surface area contributed by atoms with Gasteiger partial charge in [0.25, 0.3) is 11.8 Å². The van der Waals surface area contributed by atoms with E-state index in [2.05, 4.69) is 30.3 Å². The number of carbonyl (C=O) groups excluding carboxylic acids is 3. The topological polar surface area (TPSA) is 151 Å². The molecule has 0 radical (unpaired) electrons. The van der Waals surface area contributed by atoms with Crippen molar-refractivity contribution in [2.45, 2.75) is 55.6 Å². The number of hydrogen-bond donors (Lipinski definition) is 3. The molecule has 3 N–H and O–H groups in total. The van der Waals surface area contributed by atoms with E-state index in [0.29, 0.717) is 52.8 Å². The molecule has 2 aromatic heterocycles. The first-order chi connectivity index (χ1) is 23.9. The molecule has 0 spiro atoms. The van der Waals surface area contributed by atoms with Gasteiger partial charge in [-0.2, -0.15) is 0 Å². The Hall–Kier alpha value is -4.59. The third-order valence-electron chi connectivity index (χ3n) is 9.42. The van der Waals surface area contributed by atoms with Crippen LogP contribution in [0.15, 0.2) is 72.0 Å². The van der Waals surface area contributed by atoms with Crippen molar-refractivity contribution in [3.8, 4) is 0 Å². The SMILES string of the molecule is CN=Cc1ccc(C[C@]2(C)C(=O)N(c3cc(Cl)cc(Cl)c3)c3ncc(C(=O)NC4(C(=O)NC5(c6cc(N[SH+](C)=O)ccn6)CC5)CC4)n32)cc1. The monoisotopic (exact) mass is 733 g/mol. The van der Waals surface area contributed by atoms with Gasteiger partial charge in [-0.3, -0.25) is 28.9 Å². The largest absolute Gasteiger partial charge is 0.343 e. The second-order valence-electron chi connectivity index (χ2n) is 13.2. The molecule has 2 saturated carbocycles. The van der Waals surface area contributed by atoms with Crippen LogP contribution < -0.4 is 20.3 Å². The fourth-order valence-corrected chi connectivity index (χ4v) is 7.58. The summed E-state index contributed by atoms with van der Waals surface area (Å²) in [5, 5.41) is 6.80. The van der Waals surface area contributed by atoms with Crippen LogP contribution >= 0.6 is 23.2 Å². The van der Waals surface area contributed by atoms with Crippen molar-refractivity contribution in [2.24, 2.45) is 4.99 Å². The lowest BCUT2D eigenvalue weighted by Gasteiger charge is -2.27. The molecule has 2 aliphatic carbocycles. The molecule has 4 aromatic rings. The van der Waals surface area contributed by atoms with E-state index in [1.165, 1.54) is 11.1 Å². The molecule has 258 valence electrons. The Morgan fingerprint density at radius 2 is 1.70 bits per heavy atom. The number of benzene rings is 2. The number of nitrogens with zero attached hydrogens (tertiary/aromatic N) is 5. The number of pyridine rings is 1. The summed E-state index contributed by atoms with van der Waals surface area (Å²) >= 11 is 12.7. The first kappa shape index (κ1) is 33.9. The highest BCUT2D eigenvalue weighted by molar-refractivity contribution is 7.85. The van der Waals surface area contributed by atoms with Crippen molar-refractivity contribution in [3.05, 3.63) is 99.6 Å². The quantitative estimate of drug-likeness (QED) is 0.112. The Balaban J connectivity index is 1.18. The van der Waals surface area contributed by atoms with Gasteiger partial charge >= 0.3 is 0 Å². The van der Waals surface area contributed by atoms with Crippen LogP contribution in [0.3, 0.4) is 0 Å². The van der Waals surface area contributed by atoms with E-state index in [1.54, 1.807) is 67.5 Å². The Kier molecular flexibility index (Phi) is 8.56. The number of fused-ring (bicyclic) bond motifs is 1. The lowest BCUT2D eigenvalue weighted by atomic mass is 9.91. The molecular formula is C35H35Cl2N8O4S+. The average Bonchev–Trinajstić information content (AvgIpc) is 3.97. The van der Waals surface area contributed by atoms with Gasteiger partial charge in [-0.15, -0.1) is 0 Å². The second kappa shape index (κ2) is 12.6. The summed E-state index contributed by atoms with van der Waals surface area (Å²) in [6.45, 7) is 1.77. The van der Waals surface area contributed by atoms with E-state index in [4.69, 9.17) is 23.2 Å². The lowest BCUT2D eigenvalue weighted by molar-refractivity contribution is -0.125. The van der Waals surface area contributed by atoms with Gasteiger partial charge in [0.2, 0.25) is 11.9 Å². The summed E-state index contributed by atoms with van der Waals surface area (Å²) in [7, 11) is 0.0792. The number of halogens is 2. The number of thiol groups is 1. The van der Waals surface area contributed by atoms with Gasteiger partial charge in [-0.1, -0.05) is 51.7 Å². The number of aliphatic imine (C=N–C) groups is 1. The third-order valence-corrected chi connectivity index (χ3v) is 10.4. The summed E-state index contributed by atoms with van der Waals surface area (Å²) in [5.74, 6) is -0.929. The van der Waals surface area contributed by atoms with Gasteiger partial charge in [-0.05, 0) is 74.1 Å². The molecule has 0 bridgehead atoms. The van der Waals surface area contributed by atoms with Crippen LogP contribution in [0.5, 0.6) is 0 Å². The summed E-state index contributed by atoms with van der Waals surface area (Å²) in [5.41, 5.74) is 0.554. The predicted molar refractivity (Wildman–Crippen MR) is 195 cm³/mol. The van der Waals surface area contributed by atoms with E-state index in [9.17, 15) is 18.6 Å². The van der Waals surface area contributed by atoms with Crippen molar-refractivity contribution >= 4 is 75.4 Å². The number of hydrogen-bond acceptors (Lipinski definition) is 7. The van der Waals surface area contributed by atoms with E-state index < -0.39 is 33.5 Å². The molecule has 3 heterocycles. The van der Waals surface area contributed by atoms with Crippen LogP contribution in [0.2, 0.25) is 10.0 Å². The lowest BCUT2D eigenvalue weighted by Crippen LogP contribution is -2.52. The molecule has 7 rings (SSSR count). The van der Waals surface area contributed by atoms with Crippen LogP contribution in [0.25, 0.3) is 0 Å². The second-order valence-corrected chi connectivity index (χ2v) is 15.3. The third kappa shape index (κ3) is 6.18. The molecule has 2 fully saturated rings.